The molecule has 1 N–H and O–H groups in total. The summed E-state index contributed by atoms with van der Waals surface area (Å²) >= 11 is 0. The highest BCUT2D eigenvalue weighted by molar-refractivity contribution is 5.06. The fraction of sp³-hybridized carbons (Fsp3) is 0.933. The first kappa shape index (κ1) is 16.4. The van der Waals surface area contributed by atoms with Gasteiger partial charge in [0, 0.05) is 19.1 Å². The van der Waals surface area contributed by atoms with E-state index in [1.807, 2.05) is 0 Å². The Labute approximate surface area is 118 Å². The van der Waals surface area contributed by atoms with Gasteiger partial charge in [0.15, 0.2) is 0 Å². The molecule has 4 heteroatoms. The Hall–Kier alpha value is -0.630. The molecule has 0 aromatic rings. The smallest absolute Gasteiger partial charge is 0.106 e. The summed E-state index contributed by atoms with van der Waals surface area (Å²) in [5, 5.41) is 12.9. The highest BCUT2D eigenvalue weighted by Gasteiger charge is 2.28. The molecule has 0 aromatic carbocycles. The summed E-state index contributed by atoms with van der Waals surface area (Å²) in [7, 11) is 0. The first-order valence-electron chi connectivity index (χ1n) is 7.54. The van der Waals surface area contributed by atoms with Crippen molar-refractivity contribution in [2.24, 2.45) is 0 Å². The molecule has 0 aromatic heterocycles. The fourth-order valence-corrected chi connectivity index (χ4v) is 2.77. The van der Waals surface area contributed by atoms with Crippen LogP contribution in [0.5, 0.6) is 0 Å². The van der Waals surface area contributed by atoms with Gasteiger partial charge in [-0.25, -0.2) is 0 Å². The molecule has 0 saturated carbocycles. The second kappa shape index (κ2) is 7.84. The standard InChI is InChI=1S/C15H29N3O/c1-5-15(12-16,17-13(2)3)7-6-8-18-9-10-19-14(4)11-18/h13-14,17H,5-11H2,1-4H3. The highest BCUT2D eigenvalue weighted by Crippen LogP contribution is 2.18. The molecular formula is C15H29N3O. The van der Waals surface area contributed by atoms with Crippen molar-refractivity contribution in [3.63, 3.8) is 0 Å². The molecule has 2 atom stereocenters. The molecule has 0 radical (unpaired) electrons. The van der Waals surface area contributed by atoms with Gasteiger partial charge in [-0.15, -0.1) is 0 Å². The van der Waals surface area contributed by atoms with Gasteiger partial charge in [-0.05, 0) is 46.6 Å². The quantitative estimate of drug-likeness (QED) is 0.768. The van der Waals surface area contributed by atoms with E-state index < -0.39 is 0 Å². The lowest BCUT2D eigenvalue weighted by molar-refractivity contribution is -0.0189. The van der Waals surface area contributed by atoms with Gasteiger partial charge in [-0.3, -0.25) is 10.2 Å². The van der Waals surface area contributed by atoms with Crippen LogP contribution in [0.4, 0.5) is 0 Å². The lowest BCUT2D eigenvalue weighted by atomic mass is 9.91. The van der Waals surface area contributed by atoms with Crippen molar-refractivity contribution < 1.29 is 4.74 Å². The van der Waals surface area contributed by atoms with Gasteiger partial charge in [-0.1, -0.05) is 6.92 Å². The topological polar surface area (TPSA) is 48.3 Å². The Kier molecular flexibility index (Phi) is 6.78. The van der Waals surface area contributed by atoms with Gasteiger partial charge >= 0.3 is 0 Å². The average Bonchev–Trinajstić information content (AvgIpc) is 2.37. The second-order valence-corrected chi connectivity index (χ2v) is 5.93. The zero-order chi connectivity index (χ0) is 14.3. The van der Waals surface area contributed by atoms with Crippen molar-refractivity contribution in [1.82, 2.24) is 10.2 Å². The number of nitrogens with one attached hydrogen (secondary N) is 1. The SMILES string of the molecule is CCC(C#N)(CCCN1CCOC(C)C1)NC(C)C. The molecule has 19 heavy (non-hydrogen) atoms. The van der Waals surface area contributed by atoms with Crippen LogP contribution in [0.2, 0.25) is 0 Å². The van der Waals surface area contributed by atoms with Crippen molar-refractivity contribution in [3.8, 4) is 6.07 Å². The van der Waals surface area contributed by atoms with E-state index in [0.717, 1.165) is 45.5 Å². The van der Waals surface area contributed by atoms with Crippen molar-refractivity contribution in [2.75, 3.05) is 26.2 Å². The third-order valence-corrected chi connectivity index (χ3v) is 3.79. The third kappa shape index (κ3) is 5.48. The minimum absolute atomic E-state index is 0.342. The first-order valence-corrected chi connectivity index (χ1v) is 7.54. The maximum absolute atomic E-state index is 9.46. The molecule has 4 nitrogen and oxygen atoms in total. The molecule has 1 fully saturated rings. The molecule has 1 aliphatic heterocycles. The normalized spacial score (nSPS) is 24.1. The van der Waals surface area contributed by atoms with Crippen LogP contribution in [-0.2, 0) is 4.74 Å². The summed E-state index contributed by atoms with van der Waals surface area (Å²) in [5.74, 6) is 0. The third-order valence-electron chi connectivity index (χ3n) is 3.79. The predicted octanol–water partition coefficient (Wildman–Crippen LogP) is 2.16. The van der Waals surface area contributed by atoms with E-state index in [0.29, 0.717) is 12.1 Å². The van der Waals surface area contributed by atoms with E-state index in [2.05, 4.69) is 44.0 Å². The summed E-state index contributed by atoms with van der Waals surface area (Å²) in [6.45, 7) is 12.4. The van der Waals surface area contributed by atoms with Crippen LogP contribution in [0.15, 0.2) is 0 Å². The van der Waals surface area contributed by atoms with Crippen LogP contribution in [0.25, 0.3) is 0 Å². The molecule has 0 aliphatic carbocycles. The minimum Gasteiger partial charge on any atom is -0.376 e. The Morgan fingerprint density at radius 3 is 2.79 bits per heavy atom. The Morgan fingerprint density at radius 1 is 1.53 bits per heavy atom. The molecular weight excluding hydrogens is 238 g/mol. The molecule has 1 rings (SSSR count). The largest absolute Gasteiger partial charge is 0.376 e. The van der Waals surface area contributed by atoms with Crippen LogP contribution < -0.4 is 5.32 Å². The number of hydrogen-bond acceptors (Lipinski definition) is 4. The number of nitrogens with zero attached hydrogens (tertiary/aromatic N) is 2. The van der Waals surface area contributed by atoms with Gasteiger partial charge < -0.3 is 4.74 Å². The molecule has 0 bridgehead atoms. The number of rotatable bonds is 7. The lowest BCUT2D eigenvalue weighted by Gasteiger charge is -2.33. The molecule has 1 heterocycles. The van der Waals surface area contributed by atoms with E-state index in [4.69, 9.17) is 4.74 Å². The van der Waals surface area contributed by atoms with Crippen LogP contribution >= 0.6 is 0 Å². The van der Waals surface area contributed by atoms with E-state index in [1.165, 1.54) is 0 Å². The first-order chi connectivity index (χ1) is 9.01. The predicted molar refractivity (Wildman–Crippen MR) is 78.0 cm³/mol. The van der Waals surface area contributed by atoms with Crippen LogP contribution in [0, 0.1) is 11.3 Å². The van der Waals surface area contributed by atoms with Crippen LogP contribution in [0.3, 0.4) is 0 Å². The van der Waals surface area contributed by atoms with Crippen molar-refractivity contribution in [3.05, 3.63) is 0 Å². The van der Waals surface area contributed by atoms with Crippen molar-refractivity contribution >= 4 is 0 Å². The molecule has 2 unspecified atom stereocenters. The number of ether oxygens (including phenoxy) is 1. The van der Waals surface area contributed by atoms with Gasteiger partial charge in [0.1, 0.15) is 5.54 Å². The van der Waals surface area contributed by atoms with Crippen LogP contribution in [-0.4, -0.2) is 48.8 Å². The molecule has 1 saturated heterocycles. The number of hydrogen-bond donors (Lipinski definition) is 1. The van der Waals surface area contributed by atoms with Crippen molar-refractivity contribution in [1.29, 1.82) is 5.26 Å². The van der Waals surface area contributed by atoms with Gasteiger partial charge in [0.05, 0.1) is 18.8 Å². The summed E-state index contributed by atoms with van der Waals surface area (Å²) in [5.41, 5.74) is -0.355. The lowest BCUT2D eigenvalue weighted by Crippen LogP contribution is -2.48. The maximum Gasteiger partial charge on any atom is 0.106 e. The molecule has 0 amide bonds. The Balaban J connectivity index is 2.38. The summed E-state index contributed by atoms with van der Waals surface area (Å²) in [4.78, 5) is 2.45. The highest BCUT2D eigenvalue weighted by atomic mass is 16.5. The fourth-order valence-electron chi connectivity index (χ4n) is 2.77. The molecule has 110 valence electrons. The van der Waals surface area contributed by atoms with E-state index in [-0.39, 0.29) is 5.54 Å². The van der Waals surface area contributed by atoms with Gasteiger partial charge in [0.2, 0.25) is 0 Å². The summed E-state index contributed by atoms with van der Waals surface area (Å²) in [6.07, 6.45) is 3.19. The van der Waals surface area contributed by atoms with E-state index in [9.17, 15) is 5.26 Å². The molecule has 1 aliphatic rings. The number of nitriles is 1. The van der Waals surface area contributed by atoms with Crippen LogP contribution in [0.1, 0.15) is 47.0 Å². The number of morpholine rings is 1. The molecule has 0 spiro atoms. The Bertz CT molecular complexity index is 300. The zero-order valence-corrected chi connectivity index (χ0v) is 12.9. The average molecular weight is 267 g/mol. The minimum atomic E-state index is -0.355. The zero-order valence-electron chi connectivity index (χ0n) is 12.9. The van der Waals surface area contributed by atoms with Crippen molar-refractivity contribution in [2.45, 2.75) is 64.6 Å². The summed E-state index contributed by atoms with van der Waals surface area (Å²) in [6, 6.07) is 2.84. The summed E-state index contributed by atoms with van der Waals surface area (Å²) < 4.78 is 5.54. The van der Waals surface area contributed by atoms with Gasteiger partial charge in [-0.2, -0.15) is 5.26 Å². The second-order valence-electron chi connectivity index (χ2n) is 5.93. The Morgan fingerprint density at radius 2 is 2.26 bits per heavy atom. The maximum atomic E-state index is 9.46. The van der Waals surface area contributed by atoms with E-state index >= 15 is 0 Å². The van der Waals surface area contributed by atoms with Gasteiger partial charge in [0.25, 0.3) is 0 Å². The monoisotopic (exact) mass is 267 g/mol. The van der Waals surface area contributed by atoms with E-state index in [1.54, 1.807) is 0 Å².